The summed E-state index contributed by atoms with van der Waals surface area (Å²) >= 11 is 0. The van der Waals surface area contributed by atoms with Gasteiger partial charge in [0.05, 0.1) is 11.7 Å². The van der Waals surface area contributed by atoms with E-state index in [1.54, 1.807) is 0 Å². The largest absolute Gasteiger partial charge is 0.388 e. The van der Waals surface area contributed by atoms with Crippen LogP contribution in [0.3, 0.4) is 0 Å². The molecule has 0 radical (unpaired) electrons. The van der Waals surface area contributed by atoms with Crippen molar-refractivity contribution in [2.45, 2.75) is 38.0 Å². The summed E-state index contributed by atoms with van der Waals surface area (Å²) < 4.78 is 5.45. The zero-order valence-corrected chi connectivity index (χ0v) is 10.4. The molecule has 0 saturated carbocycles. The maximum Gasteiger partial charge on any atom is 0.0818 e. The number of hydrogen-bond acceptors (Lipinski definition) is 3. The Balaban J connectivity index is 1.78. The van der Waals surface area contributed by atoms with E-state index in [0.29, 0.717) is 13.2 Å². The number of aliphatic hydroxyl groups is 1. The minimum atomic E-state index is -0.605. The van der Waals surface area contributed by atoms with Gasteiger partial charge in [-0.05, 0) is 12.5 Å². The van der Waals surface area contributed by atoms with Crippen molar-refractivity contribution in [2.24, 2.45) is 0 Å². The van der Waals surface area contributed by atoms with Crippen molar-refractivity contribution in [3.8, 4) is 0 Å². The highest BCUT2D eigenvalue weighted by Crippen LogP contribution is 2.23. The molecule has 1 saturated heterocycles. The normalized spacial score (nSPS) is 29.2. The van der Waals surface area contributed by atoms with Crippen LogP contribution in [-0.2, 0) is 11.3 Å². The number of nitrogens with one attached hydrogen (secondary N) is 1. The van der Waals surface area contributed by atoms with Gasteiger partial charge in [-0.2, -0.15) is 0 Å². The van der Waals surface area contributed by atoms with Gasteiger partial charge in [-0.1, -0.05) is 30.3 Å². The molecule has 94 valence electrons. The zero-order chi connectivity index (χ0) is 12.1. The van der Waals surface area contributed by atoms with Crippen molar-refractivity contribution in [1.82, 2.24) is 5.32 Å². The fourth-order valence-corrected chi connectivity index (χ4v) is 2.34. The first-order valence-corrected chi connectivity index (χ1v) is 6.27. The minimum absolute atomic E-state index is 0.160. The van der Waals surface area contributed by atoms with E-state index in [4.69, 9.17) is 4.74 Å². The summed E-state index contributed by atoms with van der Waals surface area (Å²) in [6, 6.07) is 10.2. The van der Waals surface area contributed by atoms with Crippen LogP contribution < -0.4 is 5.32 Å². The zero-order valence-electron chi connectivity index (χ0n) is 10.4. The first-order chi connectivity index (χ1) is 8.18. The minimum Gasteiger partial charge on any atom is -0.388 e. The summed E-state index contributed by atoms with van der Waals surface area (Å²) in [5.74, 6) is 0. The van der Waals surface area contributed by atoms with Crippen molar-refractivity contribution in [3.05, 3.63) is 35.9 Å². The van der Waals surface area contributed by atoms with Crippen molar-refractivity contribution in [3.63, 3.8) is 0 Å². The van der Waals surface area contributed by atoms with Gasteiger partial charge in [-0.3, -0.25) is 0 Å². The predicted molar refractivity (Wildman–Crippen MR) is 67.7 cm³/mol. The summed E-state index contributed by atoms with van der Waals surface area (Å²) in [4.78, 5) is 0. The molecular formula is C14H21NO2. The molecule has 3 heteroatoms. The first kappa shape index (κ1) is 12.6. The summed E-state index contributed by atoms with van der Waals surface area (Å²) in [7, 11) is 0. The summed E-state index contributed by atoms with van der Waals surface area (Å²) in [5, 5.41) is 13.7. The molecule has 2 atom stereocenters. The molecule has 1 fully saturated rings. The molecule has 2 N–H and O–H groups in total. The highest BCUT2D eigenvalue weighted by atomic mass is 16.5. The van der Waals surface area contributed by atoms with Crippen LogP contribution >= 0.6 is 0 Å². The Kier molecular flexibility index (Phi) is 4.15. The van der Waals surface area contributed by atoms with Gasteiger partial charge in [0.2, 0.25) is 0 Å². The van der Waals surface area contributed by atoms with E-state index >= 15 is 0 Å². The van der Waals surface area contributed by atoms with Crippen LogP contribution in [0.4, 0.5) is 0 Å². The molecule has 0 aliphatic carbocycles. The number of rotatable bonds is 4. The molecule has 0 amide bonds. The molecule has 1 aliphatic rings. The molecule has 1 heterocycles. The quantitative estimate of drug-likeness (QED) is 0.834. The highest BCUT2D eigenvalue weighted by molar-refractivity contribution is 5.14. The molecular weight excluding hydrogens is 214 g/mol. The fourth-order valence-electron chi connectivity index (χ4n) is 2.34. The third-order valence-electron chi connectivity index (χ3n) is 3.26. The van der Waals surface area contributed by atoms with Crippen molar-refractivity contribution < 1.29 is 9.84 Å². The number of benzene rings is 1. The van der Waals surface area contributed by atoms with E-state index in [0.717, 1.165) is 19.4 Å². The maximum absolute atomic E-state index is 10.4. The predicted octanol–water partition coefficient (Wildman–Crippen LogP) is 1.71. The smallest absolute Gasteiger partial charge is 0.0818 e. The van der Waals surface area contributed by atoms with Gasteiger partial charge in [0.1, 0.15) is 0 Å². The van der Waals surface area contributed by atoms with E-state index in [1.807, 2.05) is 25.1 Å². The number of hydrogen-bond donors (Lipinski definition) is 2. The molecule has 3 nitrogen and oxygen atoms in total. The first-order valence-electron chi connectivity index (χ1n) is 6.27. The molecule has 0 aromatic heterocycles. The molecule has 1 aliphatic heterocycles. The average Bonchev–Trinajstić information content (AvgIpc) is 2.30. The Bertz CT molecular complexity index is 341. The van der Waals surface area contributed by atoms with Gasteiger partial charge < -0.3 is 15.2 Å². The monoisotopic (exact) mass is 235 g/mol. The molecule has 0 spiro atoms. The van der Waals surface area contributed by atoms with Crippen LogP contribution in [0.1, 0.15) is 25.3 Å². The lowest BCUT2D eigenvalue weighted by Crippen LogP contribution is -2.47. The second kappa shape index (κ2) is 5.63. The van der Waals surface area contributed by atoms with E-state index < -0.39 is 5.60 Å². The van der Waals surface area contributed by atoms with E-state index in [2.05, 4.69) is 17.4 Å². The van der Waals surface area contributed by atoms with Crippen LogP contribution in [0.15, 0.2) is 30.3 Å². The Morgan fingerprint density at radius 3 is 2.88 bits per heavy atom. The van der Waals surface area contributed by atoms with Gasteiger partial charge in [-0.15, -0.1) is 0 Å². The number of ether oxygens (including phenoxy) is 1. The van der Waals surface area contributed by atoms with Crippen molar-refractivity contribution >= 4 is 0 Å². The Morgan fingerprint density at radius 2 is 2.18 bits per heavy atom. The summed E-state index contributed by atoms with van der Waals surface area (Å²) in [6.45, 7) is 4.11. The SMILES string of the molecule is C[C@@H]1C[C@@](O)(CNCc2ccccc2)CCO1. The third-order valence-corrected chi connectivity index (χ3v) is 3.26. The summed E-state index contributed by atoms with van der Waals surface area (Å²) in [5.41, 5.74) is 0.642. The topological polar surface area (TPSA) is 41.5 Å². The Labute approximate surface area is 103 Å². The fraction of sp³-hybridized carbons (Fsp3) is 0.571. The lowest BCUT2D eigenvalue weighted by atomic mass is 9.91. The van der Waals surface area contributed by atoms with Crippen LogP contribution in [0.5, 0.6) is 0 Å². The molecule has 1 aromatic carbocycles. The molecule has 2 rings (SSSR count). The highest BCUT2D eigenvalue weighted by Gasteiger charge is 2.32. The molecule has 17 heavy (non-hydrogen) atoms. The molecule has 0 unspecified atom stereocenters. The Morgan fingerprint density at radius 1 is 1.41 bits per heavy atom. The van der Waals surface area contributed by atoms with Gasteiger partial charge >= 0.3 is 0 Å². The Hall–Kier alpha value is -0.900. The third kappa shape index (κ3) is 3.80. The van der Waals surface area contributed by atoms with Crippen LogP contribution in [-0.4, -0.2) is 30.0 Å². The second-order valence-electron chi connectivity index (χ2n) is 4.95. The van der Waals surface area contributed by atoms with Crippen LogP contribution in [0.25, 0.3) is 0 Å². The van der Waals surface area contributed by atoms with E-state index in [1.165, 1.54) is 5.56 Å². The maximum atomic E-state index is 10.4. The van der Waals surface area contributed by atoms with Crippen LogP contribution in [0, 0.1) is 0 Å². The van der Waals surface area contributed by atoms with Gasteiger partial charge in [0.15, 0.2) is 0 Å². The standard InChI is InChI=1S/C14H21NO2/c1-12-9-14(16,7-8-17-12)11-15-10-13-5-3-2-4-6-13/h2-6,12,15-16H,7-11H2,1H3/t12-,14-/m1/s1. The average molecular weight is 235 g/mol. The van der Waals surface area contributed by atoms with Gasteiger partial charge in [-0.25, -0.2) is 0 Å². The van der Waals surface area contributed by atoms with Crippen molar-refractivity contribution in [2.75, 3.05) is 13.2 Å². The van der Waals surface area contributed by atoms with Crippen LogP contribution in [0.2, 0.25) is 0 Å². The summed E-state index contributed by atoms with van der Waals surface area (Å²) in [6.07, 6.45) is 1.60. The van der Waals surface area contributed by atoms with Crippen molar-refractivity contribution in [1.29, 1.82) is 0 Å². The second-order valence-corrected chi connectivity index (χ2v) is 4.95. The molecule has 1 aromatic rings. The van der Waals surface area contributed by atoms with E-state index in [9.17, 15) is 5.11 Å². The van der Waals surface area contributed by atoms with Gasteiger partial charge in [0, 0.05) is 32.5 Å². The van der Waals surface area contributed by atoms with E-state index in [-0.39, 0.29) is 6.10 Å². The van der Waals surface area contributed by atoms with Gasteiger partial charge in [0.25, 0.3) is 0 Å². The lowest BCUT2D eigenvalue weighted by molar-refractivity contribution is -0.0951. The molecule has 0 bridgehead atoms. The lowest BCUT2D eigenvalue weighted by Gasteiger charge is -2.35.